The number of imidazole rings is 1. The van der Waals surface area contributed by atoms with Gasteiger partial charge in [-0.2, -0.15) is 0 Å². The summed E-state index contributed by atoms with van der Waals surface area (Å²) in [7, 11) is 7.41. The van der Waals surface area contributed by atoms with Crippen LogP contribution in [0.4, 0.5) is 11.6 Å². The van der Waals surface area contributed by atoms with Crippen LogP contribution in [0.3, 0.4) is 0 Å². The van der Waals surface area contributed by atoms with Crippen molar-refractivity contribution in [1.29, 1.82) is 0 Å². The Morgan fingerprint density at radius 2 is 2.08 bits per heavy atom. The molecular formula is C8H14N4O. The molecule has 0 saturated heterocycles. The fourth-order valence-corrected chi connectivity index (χ4v) is 1.23. The number of rotatable bonds is 3. The van der Waals surface area contributed by atoms with E-state index in [9.17, 15) is 4.79 Å². The molecule has 0 unspecified atom stereocenters. The summed E-state index contributed by atoms with van der Waals surface area (Å²) in [6.07, 6.45) is 2.43. The highest BCUT2D eigenvalue weighted by atomic mass is 16.1. The number of carbonyl (C=O) groups excluding carboxylic acids is 1. The van der Waals surface area contributed by atoms with Crippen molar-refractivity contribution < 1.29 is 4.79 Å². The quantitative estimate of drug-likeness (QED) is 0.621. The van der Waals surface area contributed by atoms with E-state index in [1.165, 1.54) is 4.90 Å². The van der Waals surface area contributed by atoms with Crippen LogP contribution in [0.25, 0.3) is 0 Å². The number of aromatic nitrogens is 2. The fourth-order valence-electron chi connectivity index (χ4n) is 1.23. The van der Waals surface area contributed by atoms with E-state index in [2.05, 4.69) is 4.98 Å². The Morgan fingerprint density at radius 3 is 2.54 bits per heavy atom. The minimum Gasteiger partial charge on any atom is -0.361 e. The highest BCUT2D eigenvalue weighted by Crippen LogP contribution is 2.23. The van der Waals surface area contributed by atoms with Crippen LogP contribution in [-0.4, -0.2) is 37.1 Å². The van der Waals surface area contributed by atoms with E-state index in [4.69, 9.17) is 0 Å². The molecule has 0 aliphatic rings. The molecule has 0 N–H and O–H groups in total. The maximum absolute atomic E-state index is 10.5. The second-order valence-electron chi connectivity index (χ2n) is 3.11. The van der Waals surface area contributed by atoms with Gasteiger partial charge in [-0.25, -0.2) is 4.98 Å². The zero-order valence-corrected chi connectivity index (χ0v) is 8.35. The first-order chi connectivity index (χ1) is 6.07. The van der Waals surface area contributed by atoms with Crippen molar-refractivity contribution in [2.45, 2.75) is 0 Å². The number of anilines is 2. The van der Waals surface area contributed by atoms with Crippen LogP contribution in [0.2, 0.25) is 0 Å². The van der Waals surface area contributed by atoms with Gasteiger partial charge in [-0.3, -0.25) is 9.69 Å². The third-order valence-corrected chi connectivity index (χ3v) is 1.80. The monoisotopic (exact) mass is 182 g/mol. The molecule has 0 aliphatic heterocycles. The Balaban J connectivity index is 3.14. The van der Waals surface area contributed by atoms with Crippen LogP contribution in [0.1, 0.15) is 0 Å². The zero-order chi connectivity index (χ0) is 10.0. The van der Waals surface area contributed by atoms with E-state index in [0.717, 1.165) is 12.2 Å². The smallest absolute Gasteiger partial charge is 0.215 e. The normalized spacial score (nSPS) is 9.85. The molecule has 1 aromatic rings. The first-order valence-corrected chi connectivity index (χ1v) is 3.94. The van der Waals surface area contributed by atoms with Gasteiger partial charge in [0.25, 0.3) is 0 Å². The van der Waals surface area contributed by atoms with Crippen LogP contribution in [0.15, 0.2) is 6.33 Å². The Bertz CT molecular complexity index is 305. The van der Waals surface area contributed by atoms with Crippen LogP contribution in [0, 0.1) is 0 Å². The molecule has 0 atom stereocenters. The molecule has 0 fully saturated rings. The van der Waals surface area contributed by atoms with Gasteiger partial charge in [-0.1, -0.05) is 0 Å². The SMILES string of the molecule is CN(C)c1c(N(C)C=O)ncn1C. The molecule has 0 bridgehead atoms. The molecule has 1 heterocycles. The molecule has 5 heteroatoms. The van der Waals surface area contributed by atoms with Gasteiger partial charge < -0.3 is 9.47 Å². The maximum Gasteiger partial charge on any atom is 0.215 e. The van der Waals surface area contributed by atoms with E-state index in [1.54, 1.807) is 13.4 Å². The molecule has 0 radical (unpaired) electrons. The zero-order valence-electron chi connectivity index (χ0n) is 8.35. The molecule has 0 aliphatic carbocycles. The fraction of sp³-hybridized carbons (Fsp3) is 0.500. The highest BCUT2D eigenvalue weighted by molar-refractivity contribution is 5.79. The molecule has 5 nitrogen and oxygen atoms in total. The van der Waals surface area contributed by atoms with Crippen LogP contribution >= 0.6 is 0 Å². The van der Waals surface area contributed by atoms with Gasteiger partial charge in [0.05, 0.1) is 6.33 Å². The summed E-state index contributed by atoms with van der Waals surface area (Å²) >= 11 is 0. The predicted molar refractivity (Wildman–Crippen MR) is 52.0 cm³/mol. The van der Waals surface area contributed by atoms with E-state index < -0.39 is 0 Å². The van der Waals surface area contributed by atoms with Crippen molar-refractivity contribution in [3.63, 3.8) is 0 Å². The lowest BCUT2D eigenvalue weighted by Gasteiger charge is -2.17. The van der Waals surface area contributed by atoms with Crippen LogP contribution < -0.4 is 9.80 Å². The van der Waals surface area contributed by atoms with Gasteiger partial charge >= 0.3 is 0 Å². The van der Waals surface area contributed by atoms with Crippen molar-refractivity contribution in [2.24, 2.45) is 7.05 Å². The average molecular weight is 182 g/mol. The molecule has 72 valence electrons. The molecule has 1 aromatic heterocycles. The van der Waals surface area contributed by atoms with Gasteiger partial charge in [0, 0.05) is 28.2 Å². The minimum absolute atomic E-state index is 0.669. The van der Waals surface area contributed by atoms with Crippen molar-refractivity contribution >= 4 is 18.0 Å². The van der Waals surface area contributed by atoms with Gasteiger partial charge in [0.1, 0.15) is 0 Å². The number of nitrogens with zero attached hydrogens (tertiary/aromatic N) is 4. The lowest BCUT2D eigenvalue weighted by molar-refractivity contribution is -0.107. The first-order valence-electron chi connectivity index (χ1n) is 3.94. The highest BCUT2D eigenvalue weighted by Gasteiger charge is 2.13. The molecule has 0 spiro atoms. The lowest BCUT2D eigenvalue weighted by atomic mass is 10.5. The Labute approximate surface area is 77.6 Å². The first kappa shape index (κ1) is 9.57. The standard InChI is InChI=1S/C8H14N4O/c1-10(2)8-7(12(4)6-13)9-5-11(8)3/h5-6H,1-4H3. The molecule has 1 rings (SSSR count). The summed E-state index contributed by atoms with van der Waals surface area (Å²) in [5.41, 5.74) is 0. The summed E-state index contributed by atoms with van der Waals surface area (Å²) in [6, 6.07) is 0. The van der Waals surface area contributed by atoms with Crippen molar-refractivity contribution in [1.82, 2.24) is 9.55 Å². The summed E-state index contributed by atoms with van der Waals surface area (Å²) in [5, 5.41) is 0. The van der Waals surface area contributed by atoms with E-state index >= 15 is 0 Å². The molecular weight excluding hydrogens is 168 g/mol. The number of carbonyl (C=O) groups is 1. The van der Waals surface area contributed by atoms with Crippen LogP contribution in [0.5, 0.6) is 0 Å². The third kappa shape index (κ3) is 1.63. The largest absolute Gasteiger partial charge is 0.361 e. The van der Waals surface area contributed by atoms with Crippen molar-refractivity contribution in [2.75, 3.05) is 30.9 Å². The summed E-state index contributed by atoms with van der Waals surface area (Å²) < 4.78 is 1.87. The average Bonchev–Trinajstić information content (AvgIpc) is 2.45. The predicted octanol–water partition coefficient (Wildman–Crippen LogP) is 0.0787. The minimum atomic E-state index is 0.669. The third-order valence-electron chi connectivity index (χ3n) is 1.80. The maximum atomic E-state index is 10.5. The Hall–Kier alpha value is -1.52. The van der Waals surface area contributed by atoms with Gasteiger partial charge in [-0.05, 0) is 0 Å². The van der Waals surface area contributed by atoms with E-state index in [0.29, 0.717) is 5.82 Å². The second kappa shape index (κ2) is 3.47. The van der Waals surface area contributed by atoms with E-state index in [1.807, 2.05) is 30.6 Å². The van der Waals surface area contributed by atoms with Gasteiger partial charge in [0.2, 0.25) is 6.41 Å². The Morgan fingerprint density at radius 1 is 1.46 bits per heavy atom. The summed E-state index contributed by atoms with van der Waals surface area (Å²) in [6.45, 7) is 0. The molecule has 0 aromatic carbocycles. The van der Waals surface area contributed by atoms with Gasteiger partial charge in [-0.15, -0.1) is 0 Å². The second-order valence-corrected chi connectivity index (χ2v) is 3.11. The summed E-state index contributed by atoms with van der Waals surface area (Å²) in [5.74, 6) is 1.58. The lowest BCUT2D eigenvalue weighted by Crippen LogP contribution is -2.20. The number of amides is 1. The van der Waals surface area contributed by atoms with Crippen molar-refractivity contribution in [3.8, 4) is 0 Å². The summed E-state index contributed by atoms with van der Waals surface area (Å²) in [4.78, 5) is 18.0. The van der Waals surface area contributed by atoms with E-state index in [-0.39, 0.29) is 0 Å². The van der Waals surface area contributed by atoms with Crippen molar-refractivity contribution in [3.05, 3.63) is 6.33 Å². The van der Waals surface area contributed by atoms with Gasteiger partial charge in [0.15, 0.2) is 11.6 Å². The number of hydrogen-bond donors (Lipinski definition) is 0. The molecule has 13 heavy (non-hydrogen) atoms. The molecule has 1 amide bonds. The molecule has 0 saturated carbocycles. The number of aryl methyl sites for hydroxylation is 1. The topological polar surface area (TPSA) is 41.4 Å². The number of hydrogen-bond acceptors (Lipinski definition) is 3. The van der Waals surface area contributed by atoms with Crippen LogP contribution in [-0.2, 0) is 11.8 Å². The Kier molecular flexibility index (Phi) is 2.55.